The zero-order chi connectivity index (χ0) is 18.3. The Hall–Kier alpha value is -1.16. The lowest BCUT2D eigenvalue weighted by molar-refractivity contribution is -0.134. The second-order valence-corrected chi connectivity index (χ2v) is 9.27. The number of hydrogen-bond donors (Lipinski definition) is 1. The number of hydrogen-bond acceptors (Lipinski definition) is 3. The van der Waals surface area contributed by atoms with Gasteiger partial charge in [-0.3, -0.25) is 9.59 Å². The monoisotopic (exact) mass is 360 g/mol. The van der Waals surface area contributed by atoms with Crippen LogP contribution in [0.15, 0.2) is 34.3 Å². The van der Waals surface area contributed by atoms with Gasteiger partial charge < -0.3 is 0 Å². The third-order valence-electron chi connectivity index (χ3n) is 7.87. The van der Waals surface area contributed by atoms with E-state index in [1.165, 1.54) is 0 Å². The number of ketones is 2. The molecule has 0 N–H and O–H groups in total. The highest BCUT2D eigenvalue weighted by Crippen LogP contribution is 2.66. The van der Waals surface area contributed by atoms with E-state index < -0.39 is 11.6 Å². The molecule has 0 heterocycles. The molecule has 0 aromatic carbocycles. The summed E-state index contributed by atoms with van der Waals surface area (Å²) in [7, 11) is 0. The van der Waals surface area contributed by atoms with Crippen molar-refractivity contribution < 1.29 is 14.0 Å². The Balaban J connectivity index is 1.84. The van der Waals surface area contributed by atoms with Gasteiger partial charge in [-0.25, -0.2) is 4.39 Å². The van der Waals surface area contributed by atoms with E-state index in [1.54, 1.807) is 6.08 Å². The number of carbonyl (C=O) groups excluding carboxylic acids is 2. The molecule has 0 unspecified atom stereocenters. The molecule has 0 aliphatic heterocycles. The van der Waals surface area contributed by atoms with E-state index in [0.29, 0.717) is 17.2 Å². The molecule has 0 bridgehead atoms. The fourth-order valence-corrected chi connectivity index (χ4v) is 6.87. The molecule has 0 aromatic heterocycles. The molecule has 3 saturated carbocycles. The van der Waals surface area contributed by atoms with Crippen LogP contribution in [0.25, 0.3) is 0 Å². The van der Waals surface area contributed by atoms with Gasteiger partial charge in [0.2, 0.25) is 0 Å². The second kappa shape index (κ2) is 5.18. The number of halogens is 1. The van der Waals surface area contributed by atoms with Crippen molar-refractivity contribution in [3.8, 4) is 0 Å². The van der Waals surface area contributed by atoms with Gasteiger partial charge in [-0.15, -0.1) is 12.6 Å². The fourth-order valence-electron chi connectivity index (χ4n) is 6.42. The largest absolute Gasteiger partial charge is 0.296 e. The average molecular weight is 360 g/mol. The van der Waals surface area contributed by atoms with Crippen LogP contribution in [-0.2, 0) is 9.59 Å². The molecule has 134 valence electrons. The summed E-state index contributed by atoms with van der Waals surface area (Å²) in [5, 5.41) is 0. The van der Waals surface area contributed by atoms with Crippen molar-refractivity contribution in [2.75, 3.05) is 0 Å². The van der Waals surface area contributed by atoms with Crippen LogP contribution in [0, 0.1) is 28.6 Å². The summed E-state index contributed by atoms with van der Waals surface area (Å²) in [6, 6.07) is 0. The molecule has 4 rings (SSSR count). The lowest BCUT2D eigenvalue weighted by atomic mass is 9.46. The van der Waals surface area contributed by atoms with Crippen molar-refractivity contribution in [2.45, 2.75) is 52.6 Å². The molecule has 0 aromatic rings. The maximum atomic E-state index is 14.3. The first kappa shape index (κ1) is 17.3. The van der Waals surface area contributed by atoms with Gasteiger partial charge in [0.1, 0.15) is 0 Å². The van der Waals surface area contributed by atoms with Crippen LogP contribution in [0.5, 0.6) is 0 Å². The van der Waals surface area contributed by atoms with Gasteiger partial charge in [0.05, 0.1) is 4.91 Å². The molecule has 4 heteroatoms. The molecular weight excluding hydrogens is 335 g/mol. The smallest absolute Gasteiger partial charge is 0.192 e. The van der Waals surface area contributed by atoms with Crippen molar-refractivity contribution in [3.63, 3.8) is 0 Å². The van der Waals surface area contributed by atoms with Gasteiger partial charge in [-0.2, -0.15) is 0 Å². The van der Waals surface area contributed by atoms with Crippen LogP contribution in [0.2, 0.25) is 0 Å². The SMILES string of the molecule is C=C1C[C@@H]2[C@H](CC[C@]3(C)C(=O)[C@H](F)C[C@@H]23)[C@@]2(C)C(C)=CC(=O)C(S)=C12. The number of rotatable bonds is 0. The molecule has 6 atom stereocenters. The van der Waals surface area contributed by atoms with Crippen molar-refractivity contribution in [2.24, 2.45) is 28.6 Å². The number of carbonyl (C=O) groups is 2. The van der Waals surface area contributed by atoms with E-state index in [0.717, 1.165) is 36.0 Å². The summed E-state index contributed by atoms with van der Waals surface area (Å²) >= 11 is 4.52. The molecule has 3 fully saturated rings. The predicted octanol–water partition coefficient (Wildman–Crippen LogP) is 4.63. The maximum Gasteiger partial charge on any atom is 0.192 e. The van der Waals surface area contributed by atoms with Gasteiger partial charge in [0, 0.05) is 10.8 Å². The molecule has 2 nitrogen and oxygen atoms in total. The first-order valence-corrected chi connectivity index (χ1v) is 9.60. The Labute approximate surface area is 154 Å². The van der Waals surface area contributed by atoms with Crippen molar-refractivity contribution in [1.29, 1.82) is 0 Å². The number of allylic oxidation sites excluding steroid dienone is 5. The molecule has 4 aliphatic rings. The van der Waals surface area contributed by atoms with Crippen LogP contribution in [0.1, 0.15) is 46.5 Å². The third-order valence-corrected chi connectivity index (χ3v) is 8.31. The minimum absolute atomic E-state index is 0.0478. The zero-order valence-corrected chi connectivity index (χ0v) is 16.0. The first-order chi connectivity index (χ1) is 11.6. The molecule has 0 amide bonds. The van der Waals surface area contributed by atoms with Crippen LogP contribution in [-0.4, -0.2) is 17.7 Å². The highest BCUT2D eigenvalue weighted by Gasteiger charge is 2.62. The number of Topliss-reactive ketones (excluding diaryl/α,β-unsaturated/α-hetero) is 1. The molecule has 0 saturated heterocycles. The normalized spacial score (nSPS) is 46.6. The van der Waals surface area contributed by atoms with Crippen molar-refractivity contribution >= 4 is 24.2 Å². The summed E-state index contributed by atoms with van der Waals surface area (Å²) in [6.07, 6.45) is 3.07. The quantitative estimate of drug-likeness (QED) is 0.639. The van der Waals surface area contributed by atoms with Crippen molar-refractivity contribution in [1.82, 2.24) is 0 Å². The lowest BCUT2D eigenvalue weighted by Crippen LogP contribution is -2.51. The van der Waals surface area contributed by atoms with E-state index in [-0.39, 0.29) is 28.8 Å². The molecule has 25 heavy (non-hydrogen) atoms. The Morgan fingerprint density at radius 3 is 2.64 bits per heavy atom. The van der Waals surface area contributed by atoms with Gasteiger partial charge in [-0.1, -0.05) is 26.0 Å². The molecule has 0 spiro atoms. The highest BCUT2D eigenvalue weighted by atomic mass is 32.1. The van der Waals surface area contributed by atoms with Gasteiger partial charge in [-0.05, 0) is 67.6 Å². The zero-order valence-electron chi connectivity index (χ0n) is 15.1. The van der Waals surface area contributed by atoms with E-state index in [4.69, 9.17) is 0 Å². The summed E-state index contributed by atoms with van der Waals surface area (Å²) in [5.74, 6) is 0.359. The maximum absolute atomic E-state index is 14.3. The summed E-state index contributed by atoms with van der Waals surface area (Å²) < 4.78 is 14.3. The van der Waals surface area contributed by atoms with E-state index >= 15 is 0 Å². The topological polar surface area (TPSA) is 34.1 Å². The summed E-state index contributed by atoms with van der Waals surface area (Å²) in [5.41, 5.74) is 2.14. The molecule has 0 radical (unpaired) electrons. The first-order valence-electron chi connectivity index (χ1n) is 9.15. The van der Waals surface area contributed by atoms with Crippen LogP contribution in [0.3, 0.4) is 0 Å². The average Bonchev–Trinajstić information content (AvgIpc) is 2.77. The van der Waals surface area contributed by atoms with E-state index in [9.17, 15) is 14.0 Å². The minimum Gasteiger partial charge on any atom is -0.296 e. The Morgan fingerprint density at radius 2 is 1.96 bits per heavy atom. The lowest BCUT2D eigenvalue weighted by Gasteiger charge is -2.57. The molecule has 4 aliphatic carbocycles. The van der Waals surface area contributed by atoms with Gasteiger partial charge in [0.15, 0.2) is 17.7 Å². The van der Waals surface area contributed by atoms with Crippen LogP contribution >= 0.6 is 12.6 Å². The van der Waals surface area contributed by atoms with E-state index in [2.05, 4.69) is 26.1 Å². The number of thiol groups is 1. The third kappa shape index (κ3) is 1.98. The highest BCUT2D eigenvalue weighted by molar-refractivity contribution is 7.85. The van der Waals surface area contributed by atoms with Crippen molar-refractivity contribution in [3.05, 3.63) is 34.3 Å². The number of alkyl halides is 1. The second-order valence-electron chi connectivity index (χ2n) is 8.83. The van der Waals surface area contributed by atoms with E-state index in [1.807, 2.05) is 13.8 Å². The molecular formula is C21H25FO2S. The van der Waals surface area contributed by atoms with Crippen LogP contribution in [0.4, 0.5) is 4.39 Å². The fraction of sp³-hybridized carbons (Fsp3) is 0.619. The summed E-state index contributed by atoms with van der Waals surface area (Å²) in [6.45, 7) is 10.4. The Kier molecular flexibility index (Phi) is 3.58. The van der Waals surface area contributed by atoms with Crippen LogP contribution < -0.4 is 0 Å². The standard InChI is InChI=1S/C21H25FO2S/c1-10-7-12-13(5-6-20(3)14(12)9-15(22)19(20)24)21(4)11(2)8-16(23)18(25)17(10)21/h8,12-15,25H,1,5-7,9H2,2-4H3/t12-,13+,14+,15-,20+,21-/m1/s1. The van der Waals surface area contributed by atoms with Gasteiger partial charge >= 0.3 is 0 Å². The Bertz CT molecular complexity index is 779. The predicted molar refractivity (Wildman–Crippen MR) is 99.0 cm³/mol. The summed E-state index contributed by atoms with van der Waals surface area (Å²) in [4.78, 5) is 25.3. The van der Waals surface area contributed by atoms with Gasteiger partial charge in [0.25, 0.3) is 0 Å². The number of fused-ring (bicyclic) bond motifs is 5. The minimum atomic E-state index is -1.32. The Morgan fingerprint density at radius 1 is 1.28 bits per heavy atom.